The van der Waals surface area contributed by atoms with Gasteiger partial charge < -0.3 is 9.30 Å². The summed E-state index contributed by atoms with van der Waals surface area (Å²) in [7, 11) is 0. The third kappa shape index (κ3) is 8.67. The Morgan fingerprint density at radius 3 is 2.13 bits per heavy atom. The van der Waals surface area contributed by atoms with Crippen LogP contribution in [-0.2, 0) is 9.30 Å². The molecule has 5 heteroatoms. The van der Waals surface area contributed by atoms with E-state index in [0.29, 0.717) is 12.8 Å². The van der Waals surface area contributed by atoms with E-state index in [0.717, 1.165) is 31.0 Å². The predicted octanol–water partition coefficient (Wildman–Crippen LogP) is 4.50. The smallest absolute Gasteiger partial charge is 0.193 e. The summed E-state index contributed by atoms with van der Waals surface area (Å²) in [5.74, 6) is 1.86. The quantitative estimate of drug-likeness (QED) is 0.431. The van der Waals surface area contributed by atoms with Crippen molar-refractivity contribution in [3.05, 3.63) is 0 Å². The fourth-order valence-corrected chi connectivity index (χ4v) is 8.93. The molecule has 0 aliphatic rings. The molecule has 0 rings (SSSR count). The van der Waals surface area contributed by atoms with Gasteiger partial charge in [0.05, 0.1) is 6.61 Å². The fourth-order valence-electron chi connectivity index (χ4n) is 1.08. The van der Waals surface area contributed by atoms with Gasteiger partial charge in [0, 0.05) is 12.8 Å². The zero-order chi connectivity index (χ0) is 11.6. The summed E-state index contributed by atoms with van der Waals surface area (Å²) in [4.78, 5) is 0. The first-order valence-corrected chi connectivity index (χ1v) is 10.7. The van der Waals surface area contributed by atoms with Gasteiger partial charge in [-0.2, -0.15) is 0 Å². The summed E-state index contributed by atoms with van der Waals surface area (Å²) in [6.07, 6.45) is 2.98. The van der Waals surface area contributed by atoms with Gasteiger partial charge in [-0.05, 0) is 17.9 Å². The maximum Gasteiger partial charge on any atom is 0.193 e. The minimum Gasteiger partial charge on any atom is -0.381 e. The molecule has 0 aliphatic heterocycles. The molecule has 0 aromatic rings. The number of ether oxygens (including phenoxy) is 1. The summed E-state index contributed by atoms with van der Waals surface area (Å²) in [6.45, 7) is 7.73. The number of unbranched alkanes of at least 4 members (excludes halogenated alkanes) is 1. The van der Waals surface area contributed by atoms with Crippen molar-refractivity contribution in [2.45, 2.75) is 33.6 Å². The summed E-state index contributed by atoms with van der Waals surface area (Å²) in [5.41, 5.74) is -2.06. The van der Waals surface area contributed by atoms with Crippen molar-refractivity contribution in [1.29, 1.82) is 0 Å². The molecule has 0 saturated heterocycles. The molecule has 0 heterocycles. The van der Waals surface area contributed by atoms with Crippen molar-refractivity contribution in [3.8, 4) is 0 Å². The van der Waals surface area contributed by atoms with Crippen molar-refractivity contribution in [3.63, 3.8) is 0 Å². The number of rotatable bonds is 10. The summed E-state index contributed by atoms with van der Waals surface area (Å²) in [5, 5.41) is 0. The third-order valence-electron chi connectivity index (χ3n) is 1.80. The Morgan fingerprint density at radius 1 is 1.07 bits per heavy atom. The standard InChI is InChI=1S/C10H23O2PS2/c1-4-7-8-12-9-10-13(11,14-5-2)15-6-3/h4-10H2,1-3H3. The van der Waals surface area contributed by atoms with E-state index in [2.05, 4.69) is 20.8 Å². The zero-order valence-electron chi connectivity index (χ0n) is 10.0. The summed E-state index contributed by atoms with van der Waals surface area (Å²) >= 11 is 3.21. The van der Waals surface area contributed by atoms with Crippen LogP contribution in [0.25, 0.3) is 0 Å². The highest BCUT2D eigenvalue weighted by molar-refractivity contribution is 8.90. The van der Waals surface area contributed by atoms with Gasteiger partial charge in [-0.25, -0.2) is 0 Å². The number of hydrogen-bond acceptors (Lipinski definition) is 4. The molecule has 0 amide bonds. The number of hydrogen-bond donors (Lipinski definition) is 0. The Morgan fingerprint density at radius 2 is 1.67 bits per heavy atom. The van der Waals surface area contributed by atoms with Crippen LogP contribution in [0.1, 0.15) is 33.6 Å². The second-order valence-electron chi connectivity index (χ2n) is 3.14. The first kappa shape index (κ1) is 15.9. The molecule has 0 bridgehead atoms. The van der Waals surface area contributed by atoms with Crippen molar-refractivity contribution in [1.82, 2.24) is 0 Å². The highest BCUT2D eigenvalue weighted by Crippen LogP contribution is 2.68. The van der Waals surface area contributed by atoms with Gasteiger partial charge in [0.15, 0.2) is 5.55 Å². The van der Waals surface area contributed by atoms with E-state index in [9.17, 15) is 4.57 Å². The molecule has 0 unspecified atom stereocenters. The van der Waals surface area contributed by atoms with Crippen LogP contribution in [0.4, 0.5) is 0 Å². The maximum absolute atomic E-state index is 12.3. The predicted molar refractivity (Wildman–Crippen MR) is 74.5 cm³/mol. The topological polar surface area (TPSA) is 26.3 Å². The molecule has 0 aromatic heterocycles. The van der Waals surface area contributed by atoms with E-state index in [1.165, 1.54) is 0 Å². The van der Waals surface area contributed by atoms with Crippen LogP contribution >= 0.6 is 28.3 Å². The Labute approximate surface area is 102 Å². The Balaban J connectivity index is 3.71. The van der Waals surface area contributed by atoms with Crippen molar-refractivity contribution >= 4 is 28.3 Å². The average molecular weight is 270 g/mol. The van der Waals surface area contributed by atoms with Crippen LogP contribution in [0.5, 0.6) is 0 Å². The summed E-state index contributed by atoms with van der Waals surface area (Å²) < 4.78 is 17.8. The van der Waals surface area contributed by atoms with Crippen LogP contribution in [0, 0.1) is 0 Å². The van der Waals surface area contributed by atoms with Gasteiger partial charge in [0.1, 0.15) is 0 Å². The minimum atomic E-state index is -2.06. The minimum absolute atomic E-state index is 0.650. The highest BCUT2D eigenvalue weighted by Gasteiger charge is 2.21. The van der Waals surface area contributed by atoms with Crippen LogP contribution < -0.4 is 0 Å². The lowest BCUT2D eigenvalue weighted by molar-refractivity contribution is 0.146. The van der Waals surface area contributed by atoms with E-state index in [1.807, 2.05) is 0 Å². The monoisotopic (exact) mass is 270 g/mol. The molecule has 0 N–H and O–H groups in total. The van der Waals surface area contributed by atoms with E-state index >= 15 is 0 Å². The largest absolute Gasteiger partial charge is 0.381 e. The molecule has 2 nitrogen and oxygen atoms in total. The molecule has 0 aromatic carbocycles. The van der Waals surface area contributed by atoms with Gasteiger partial charge in [0.2, 0.25) is 0 Å². The van der Waals surface area contributed by atoms with Crippen LogP contribution in [-0.4, -0.2) is 30.9 Å². The molecular formula is C10H23O2PS2. The third-order valence-corrected chi connectivity index (χ3v) is 10.7. The molecule has 0 atom stereocenters. The van der Waals surface area contributed by atoms with E-state index in [4.69, 9.17) is 4.74 Å². The maximum atomic E-state index is 12.3. The fraction of sp³-hybridized carbons (Fsp3) is 1.00. The van der Waals surface area contributed by atoms with Crippen molar-refractivity contribution in [2.24, 2.45) is 0 Å². The Hall–Kier alpha value is 0.890. The van der Waals surface area contributed by atoms with Crippen LogP contribution in [0.15, 0.2) is 0 Å². The van der Waals surface area contributed by atoms with Crippen molar-refractivity contribution < 1.29 is 9.30 Å². The van der Waals surface area contributed by atoms with Gasteiger partial charge >= 0.3 is 0 Å². The van der Waals surface area contributed by atoms with Gasteiger partial charge in [-0.3, -0.25) is 0 Å². The molecule has 0 saturated carbocycles. The molecule has 0 radical (unpaired) electrons. The van der Waals surface area contributed by atoms with E-state index in [1.54, 1.807) is 22.8 Å². The second kappa shape index (κ2) is 10.1. The van der Waals surface area contributed by atoms with E-state index < -0.39 is 5.55 Å². The molecule has 0 fully saturated rings. The lowest BCUT2D eigenvalue weighted by atomic mass is 10.4. The van der Waals surface area contributed by atoms with E-state index in [-0.39, 0.29) is 0 Å². The SMILES string of the molecule is CCCCOCCP(=O)(SCC)SCC. The Bertz CT molecular complexity index is 178. The van der Waals surface area contributed by atoms with Crippen LogP contribution in [0.2, 0.25) is 0 Å². The first-order chi connectivity index (χ1) is 7.18. The lowest BCUT2D eigenvalue weighted by Gasteiger charge is -2.15. The van der Waals surface area contributed by atoms with Crippen molar-refractivity contribution in [2.75, 3.05) is 30.9 Å². The summed E-state index contributed by atoms with van der Waals surface area (Å²) in [6, 6.07) is 0. The molecule has 15 heavy (non-hydrogen) atoms. The second-order valence-corrected chi connectivity index (χ2v) is 12.3. The Kier molecular flexibility index (Phi) is 10.7. The highest BCUT2D eigenvalue weighted by atomic mass is 33.1. The van der Waals surface area contributed by atoms with Gasteiger partial charge in [0.25, 0.3) is 0 Å². The lowest BCUT2D eigenvalue weighted by Crippen LogP contribution is -2.00. The van der Waals surface area contributed by atoms with Gasteiger partial charge in [-0.15, -0.1) is 0 Å². The molecule has 0 aliphatic carbocycles. The first-order valence-electron chi connectivity index (χ1n) is 5.64. The van der Waals surface area contributed by atoms with Crippen LogP contribution in [0.3, 0.4) is 0 Å². The molecule has 92 valence electrons. The average Bonchev–Trinajstić information content (AvgIpc) is 2.18. The zero-order valence-corrected chi connectivity index (χ0v) is 12.6. The van der Waals surface area contributed by atoms with Gasteiger partial charge in [-0.1, -0.05) is 50.0 Å². The normalized spacial score (nSPS) is 11.9. The molecular weight excluding hydrogens is 247 g/mol. The molecule has 0 spiro atoms.